The van der Waals surface area contributed by atoms with Crippen LogP contribution in [0.2, 0.25) is 0 Å². The molecule has 24 rings (SSSR count). The van der Waals surface area contributed by atoms with Crippen LogP contribution >= 0.6 is 0 Å². The number of hydrogen-bond donors (Lipinski definition) is 0. The van der Waals surface area contributed by atoms with E-state index in [2.05, 4.69) is 361 Å². The average Bonchev–Trinajstić information content (AvgIpc) is 1.56. The van der Waals surface area contributed by atoms with Crippen LogP contribution in [0.25, 0.3) is 211 Å². The van der Waals surface area contributed by atoms with Crippen LogP contribution in [0.1, 0.15) is 55.6 Å². The highest BCUT2D eigenvalue weighted by atomic mass is 15.2. The fourth-order valence-corrected chi connectivity index (χ4v) is 20.1. The van der Waals surface area contributed by atoms with Gasteiger partial charge in [-0.05, 0) is 211 Å². The van der Waals surface area contributed by atoms with Crippen molar-refractivity contribution in [1.29, 1.82) is 5.26 Å². The molecule has 0 aliphatic heterocycles. The Balaban J connectivity index is 0.755. The van der Waals surface area contributed by atoms with E-state index in [0.29, 0.717) is 40.8 Å². The fourth-order valence-electron chi connectivity index (χ4n) is 20.1. The van der Waals surface area contributed by atoms with Crippen molar-refractivity contribution in [2.24, 2.45) is 0 Å². The van der Waals surface area contributed by atoms with Gasteiger partial charge in [0.1, 0.15) is 23.0 Å². The fraction of sp³-hybridized carbons (Fsp3) is 0.0708. The third kappa shape index (κ3) is 11.1. The molecule has 8 aromatic heterocycles. The van der Waals surface area contributed by atoms with E-state index in [-0.39, 0.29) is 0 Å². The summed E-state index contributed by atoms with van der Waals surface area (Å²) >= 11 is 0. The predicted octanol–water partition coefficient (Wildman–Crippen LogP) is 28.1. The highest BCUT2D eigenvalue weighted by molar-refractivity contribution is 6.18. The van der Waals surface area contributed by atoms with Crippen molar-refractivity contribution in [3.8, 4) is 85.7 Å². The molecule has 0 saturated carbocycles. The Hall–Kier alpha value is -16.0. The zero-order valence-corrected chi connectivity index (χ0v) is 69.5. The molecule has 8 heterocycles. The summed E-state index contributed by atoms with van der Waals surface area (Å²) in [5, 5.41) is 25.7. The first-order chi connectivity index (χ1) is 60.8. The number of nitrogens with zero attached hydrogens (tertiary/aromatic N) is 11. The first kappa shape index (κ1) is 72.0. The molecule has 0 unspecified atom stereocenters. The highest BCUT2D eigenvalue weighted by Gasteiger charge is 2.34. The molecule has 0 aliphatic carbocycles. The maximum atomic E-state index is 12.1. The van der Waals surface area contributed by atoms with Gasteiger partial charge >= 0.3 is 0 Å². The van der Waals surface area contributed by atoms with Gasteiger partial charge in [-0.2, -0.15) is 5.26 Å². The summed E-state index contributed by atoms with van der Waals surface area (Å²) in [7, 11) is 0. The van der Waals surface area contributed by atoms with Gasteiger partial charge in [0.2, 0.25) is 0 Å². The van der Waals surface area contributed by atoms with E-state index < -0.39 is 0 Å². The van der Waals surface area contributed by atoms with Crippen molar-refractivity contribution in [3.63, 3.8) is 0 Å². The van der Waals surface area contributed by atoms with E-state index >= 15 is 0 Å². The third-order valence-corrected chi connectivity index (χ3v) is 25.6. The maximum absolute atomic E-state index is 12.1. The largest absolute Gasteiger partial charge is 0.308 e. The van der Waals surface area contributed by atoms with Gasteiger partial charge in [-0.1, -0.05) is 239 Å². The molecular formula is C113H79N11. The normalized spacial score (nSPS) is 12.0. The summed E-state index contributed by atoms with van der Waals surface area (Å²) in [4.78, 5) is 22.5. The van der Waals surface area contributed by atoms with Gasteiger partial charge in [0.05, 0.1) is 77.6 Å². The summed E-state index contributed by atoms with van der Waals surface area (Å²) in [6, 6.07) is 127. The van der Waals surface area contributed by atoms with Crippen molar-refractivity contribution in [2.45, 2.75) is 54.9 Å². The predicted molar refractivity (Wildman–Crippen MR) is 513 cm³/mol. The zero-order chi connectivity index (χ0) is 83.0. The summed E-state index contributed by atoms with van der Waals surface area (Å²) in [6.07, 6.45) is 0.624. The second-order valence-electron chi connectivity index (χ2n) is 33.8. The van der Waals surface area contributed by atoms with E-state index in [1.807, 2.05) is 60.7 Å². The molecule has 124 heavy (non-hydrogen) atoms. The van der Waals surface area contributed by atoms with Crippen molar-refractivity contribution in [2.75, 3.05) is 0 Å². The van der Waals surface area contributed by atoms with Crippen LogP contribution in [-0.4, -0.2) is 47.3 Å². The van der Waals surface area contributed by atoms with Gasteiger partial charge in [-0.15, -0.1) is 0 Å². The molecular weight excluding hydrogens is 1510 g/mol. The Kier molecular flexibility index (Phi) is 16.1. The van der Waals surface area contributed by atoms with Gasteiger partial charge in [0, 0.05) is 86.9 Å². The second-order valence-corrected chi connectivity index (χ2v) is 33.8. The average molecular weight is 1590 g/mol. The lowest BCUT2D eigenvalue weighted by molar-refractivity contribution is 0.960. The summed E-state index contributed by atoms with van der Waals surface area (Å²) in [5.74, 6) is 3.16. The minimum Gasteiger partial charge on any atom is -0.308 e. The van der Waals surface area contributed by atoms with Gasteiger partial charge < -0.3 is 18.3 Å². The summed E-state index contributed by atoms with van der Waals surface area (Å²) < 4.78 is 14.6. The lowest BCUT2D eigenvalue weighted by Gasteiger charge is -2.27. The number of aryl methyl sites for hydroxylation is 7. The Bertz CT molecular complexity index is 8450. The molecule has 0 fully saturated rings. The van der Waals surface area contributed by atoms with Crippen LogP contribution in [0.15, 0.2) is 340 Å². The molecule has 11 nitrogen and oxygen atoms in total. The minimum atomic E-state index is 0.480. The van der Waals surface area contributed by atoms with Gasteiger partial charge in [0.25, 0.3) is 0 Å². The number of hydrogen-bond acceptors (Lipinski definition) is 5. The van der Waals surface area contributed by atoms with Crippen molar-refractivity contribution >= 4 is 131 Å². The number of nitriles is 1. The quantitative estimate of drug-likeness (QED) is 0.121. The molecule has 0 bridgehead atoms. The molecule has 0 radical (unpaired) electrons. The monoisotopic (exact) mass is 1590 g/mol. The minimum absolute atomic E-state index is 0.480. The van der Waals surface area contributed by atoms with Gasteiger partial charge in [-0.3, -0.25) is 9.13 Å². The second kappa shape index (κ2) is 27.8. The first-order valence-electron chi connectivity index (χ1n) is 42.5. The van der Waals surface area contributed by atoms with E-state index in [0.717, 1.165) is 177 Å². The molecule has 0 spiro atoms. The van der Waals surface area contributed by atoms with E-state index in [1.165, 1.54) is 54.9 Å². The molecule has 0 amide bonds. The number of rotatable bonds is 12. The Morgan fingerprint density at radius 2 is 0.484 bits per heavy atom. The molecule has 24 aromatic rings. The number of para-hydroxylation sites is 3. The van der Waals surface area contributed by atoms with E-state index in [4.69, 9.17) is 19.9 Å². The van der Waals surface area contributed by atoms with Crippen molar-refractivity contribution in [3.05, 3.63) is 395 Å². The SMILES string of the molecule is Cc1ccc2c(c1)c1cc(C)ccc1n2-c1nc(-n2c3ccc(C)cc3c3cc(C)ccc32)c(-n2c3ccc(C)cc3c3cc(Cc4ccc5c(c4)c4ccccc4n5-c4cc(-c5nc(-c6ccccc6)nc(-c6ccccc6)n5)cc(-n5c6ccccc6c6ccccc65)c4C#N)ccc32)c(-c2ccccc2)c1-n1c2ccc(C)cc2c2cc(C)ccc21. The number of aromatic nitrogens is 10. The maximum Gasteiger partial charge on any atom is 0.165 e. The Morgan fingerprint density at radius 1 is 0.226 bits per heavy atom. The highest BCUT2D eigenvalue weighted by Crippen LogP contribution is 2.51. The molecule has 586 valence electrons. The van der Waals surface area contributed by atoms with Crippen molar-refractivity contribution in [1.82, 2.24) is 47.3 Å². The number of pyridine rings is 1. The lowest BCUT2D eigenvalue weighted by Crippen LogP contribution is -2.16. The van der Waals surface area contributed by atoms with Crippen LogP contribution in [0.5, 0.6) is 0 Å². The van der Waals surface area contributed by atoms with Gasteiger partial charge in [0.15, 0.2) is 29.1 Å². The molecule has 0 aliphatic rings. The third-order valence-electron chi connectivity index (χ3n) is 25.6. The Morgan fingerprint density at radius 3 is 0.823 bits per heavy atom. The van der Waals surface area contributed by atoms with E-state index in [9.17, 15) is 5.26 Å². The zero-order valence-electron chi connectivity index (χ0n) is 69.5. The smallest absolute Gasteiger partial charge is 0.165 e. The summed E-state index contributed by atoms with van der Waals surface area (Å²) in [5.41, 5.74) is 31.3. The number of benzene rings is 16. The van der Waals surface area contributed by atoms with Crippen LogP contribution in [-0.2, 0) is 6.42 Å². The summed E-state index contributed by atoms with van der Waals surface area (Å²) in [6.45, 7) is 15.4. The molecule has 11 heteroatoms. The number of fused-ring (bicyclic) bond motifs is 18. The van der Waals surface area contributed by atoms with Crippen LogP contribution in [0.4, 0.5) is 0 Å². The van der Waals surface area contributed by atoms with Crippen LogP contribution in [0, 0.1) is 59.8 Å². The van der Waals surface area contributed by atoms with Crippen molar-refractivity contribution < 1.29 is 0 Å². The molecule has 0 atom stereocenters. The van der Waals surface area contributed by atoms with Crippen LogP contribution in [0.3, 0.4) is 0 Å². The lowest BCUT2D eigenvalue weighted by atomic mass is 10.00. The standard InChI is InChI=1S/C113H79N11/c1-66-35-44-96-82(53-66)83-54-67(2)36-45-97(83)121(96)107-106(75-23-11-8-12-24-75)108(113(124-102-49-40-71(6)57-86(102)87-58-72(7)41-50-103(87)124)118-112(107)123-100-47-38-69(4)55-84(100)85-56-70(5)39-48-101(85)123)122-98-46-37-68(3)59-88(98)90-62-74(43-52-99(90)122)60-73-42-51-95-89(61-73)81-31-19-22-34-94(81)120(95)105-64-78(111-116-109(76-25-13-9-14-26-76)115-110(117-111)77-27-15-10-16-28-77)63-104(91(105)65-114)119-92-32-20-17-29-79(92)80-30-18-21-33-93(80)119/h8-59,61-64H,60H2,1-7H3. The first-order valence-corrected chi connectivity index (χ1v) is 42.5. The van der Waals surface area contributed by atoms with Gasteiger partial charge in [-0.25, -0.2) is 19.9 Å². The molecule has 0 saturated heterocycles. The van der Waals surface area contributed by atoms with Crippen LogP contribution < -0.4 is 0 Å². The topological polar surface area (TPSA) is 105 Å². The Labute approximate surface area is 714 Å². The van der Waals surface area contributed by atoms with E-state index in [1.54, 1.807) is 0 Å². The molecule has 0 N–H and O–H groups in total. The molecule has 16 aromatic carbocycles.